The number of ketones is 4. The second kappa shape index (κ2) is 20.0. The van der Waals surface area contributed by atoms with Crippen LogP contribution in [0.1, 0.15) is 149 Å². The molecule has 4 aliphatic heterocycles. The molecule has 0 amide bonds. The van der Waals surface area contributed by atoms with E-state index in [-0.39, 0.29) is 47.8 Å². The lowest BCUT2D eigenvalue weighted by atomic mass is 9.61. The van der Waals surface area contributed by atoms with Crippen LogP contribution in [-0.4, -0.2) is 61.3 Å². The van der Waals surface area contributed by atoms with Gasteiger partial charge in [0.05, 0.1) is 97.0 Å². The molecule has 8 heterocycles. The van der Waals surface area contributed by atoms with Gasteiger partial charge in [-0.3, -0.25) is 19.2 Å². The summed E-state index contributed by atoms with van der Waals surface area (Å²) in [6, 6.07) is 34.8. The Morgan fingerprint density at radius 3 is 0.679 bits per heavy atom. The third kappa shape index (κ3) is 7.68. The van der Waals surface area contributed by atoms with Crippen LogP contribution >= 0.6 is 0 Å². The maximum Gasteiger partial charge on any atom is 0.141 e. The summed E-state index contributed by atoms with van der Waals surface area (Å²) in [5.41, 5.74) is 15.0. The SMILES string of the molecule is O=C1C2CCC(CC2)[C@@H]1[C@@H]1c2ccccc2-c2cncn21.O=C1C2CCC(CC2)[C@@H]1[C@H]1c2ccccc2-c2cncn21.O=C1C2CCC(CC2)[C@H]1[C@@H]1c2ccccc2-c2cncn21.O=C1C2CCC(CC2)[C@H]1[C@H]1c2ccccc2-c2cncn21. The molecule has 4 aromatic carbocycles. The van der Waals surface area contributed by atoms with E-state index in [1.165, 1.54) is 119 Å². The Morgan fingerprint density at radius 2 is 0.476 bits per heavy atom. The Balaban J connectivity index is 0.0000000882. The molecule has 24 rings (SSSR count). The van der Waals surface area contributed by atoms with E-state index >= 15 is 0 Å². The molecule has 0 unspecified atom stereocenters. The summed E-state index contributed by atoms with van der Waals surface area (Å²) in [5.74, 6) is 6.23. The van der Waals surface area contributed by atoms with Gasteiger partial charge in [0.1, 0.15) is 23.1 Å². The number of fused-ring (bicyclic) bond motifs is 24. The van der Waals surface area contributed by atoms with E-state index in [1.54, 1.807) is 0 Å². The largest absolute Gasteiger partial charge is 0.322 e. The number of nitrogens with zero attached hydrogens (tertiary/aromatic N) is 8. The van der Waals surface area contributed by atoms with Gasteiger partial charge in [0, 0.05) is 69.6 Å². The van der Waals surface area contributed by atoms with E-state index in [4.69, 9.17) is 0 Å². The molecule has 12 aliphatic carbocycles. The monoisotopic (exact) mass is 1110 g/mol. The van der Waals surface area contributed by atoms with Gasteiger partial charge in [0.25, 0.3) is 0 Å². The third-order valence-corrected chi connectivity index (χ3v) is 23.5. The highest BCUT2D eigenvalue weighted by Gasteiger charge is 2.53. The molecule has 12 saturated carbocycles. The fourth-order valence-corrected chi connectivity index (χ4v) is 19.7. The van der Waals surface area contributed by atoms with E-state index in [2.05, 4.69) is 135 Å². The van der Waals surface area contributed by atoms with Crippen molar-refractivity contribution in [2.24, 2.45) is 71.0 Å². The van der Waals surface area contributed by atoms with Crippen LogP contribution in [0.3, 0.4) is 0 Å². The summed E-state index contributed by atoms with van der Waals surface area (Å²) >= 11 is 0. The van der Waals surface area contributed by atoms with E-state index in [1.807, 2.05) is 50.1 Å². The fourth-order valence-electron chi connectivity index (χ4n) is 19.7. The van der Waals surface area contributed by atoms with E-state index in [9.17, 15) is 19.2 Å². The van der Waals surface area contributed by atoms with Crippen molar-refractivity contribution in [3.8, 4) is 45.0 Å². The smallest absolute Gasteiger partial charge is 0.141 e. The van der Waals surface area contributed by atoms with Crippen molar-refractivity contribution >= 4 is 23.1 Å². The van der Waals surface area contributed by atoms with Crippen LogP contribution in [0.2, 0.25) is 0 Å². The van der Waals surface area contributed by atoms with Crippen LogP contribution in [-0.2, 0) is 19.2 Å². The number of carbonyl (C=O) groups excluding carboxylic acids is 4. The highest BCUT2D eigenvalue weighted by atomic mass is 16.1. The van der Waals surface area contributed by atoms with Gasteiger partial charge >= 0.3 is 0 Å². The van der Waals surface area contributed by atoms with Crippen LogP contribution in [0.4, 0.5) is 0 Å². The first kappa shape index (κ1) is 50.9. The number of carbonyl (C=O) groups is 4. The van der Waals surface area contributed by atoms with Crippen LogP contribution < -0.4 is 0 Å². The molecular weight excluding hydrogens is 1040 g/mol. The molecule has 8 aromatic rings. The second-order valence-corrected chi connectivity index (χ2v) is 27.0. The maximum atomic E-state index is 12.9. The molecule has 8 bridgehead atoms. The fraction of sp³-hybridized carbons (Fsp3) is 0.444. The molecule has 0 saturated heterocycles. The average Bonchev–Trinajstić information content (AvgIpc) is 2.84. The molecule has 12 nitrogen and oxygen atoms in total. The minimum absolute atomic E-state index is 0.161. The molecule has 12 fully saturated rings. The Bertz CT molecular complexity index is 3400. The third-order valence-electron chi connectivity index (χ3n) is 23.5. The standard InChI is InChI=1S/4C18H18N2O/c4*21-18-12-7-5-11(6-8-12)16(18)17-14-4-2-1-3-13(14)15-9-19-10-20(15)17/h4*1-4,9-12,16-17H,5-8H2/t2*11?,12?,16-,17+;2*11?,12?,16-,17-/m1010/s1. The first-order valence-corrected chi connectivity index (χ1v) is 32.0. The van der Waals surface area contributed by atoms with Gasteiger partial charge in [-0.2, -0.15) is 0 Å². The number of rotatable bonds is 4. The number of imidazole rings is 4. The lowest BCUT2D eigenvalue weighted by Crippen LogP contribution is -2.44. The van der Waals surface area contributed by atoms with Crippen LogP contribution in [0.5, 0.6) is 0 Å². The quantitative estimate of drug-likeness (QED) is 0.170. The molecule has 16 aliphatic rings. The van der Waals surface area contributed by atoms with Crippen molar-refractivity contribution in [3.05, 3.63) is 169 Å². The molecule has 424 valence electrons. The highest BCUT2D eigenvalue weighted by Crippen LogP contribution is 2.57. The zero-order chi connectivity index (χ0) is 55.9. The van der Waals surface area contributed by atoms with Gasteiger partial charge in [0.2, 0.25) is 0 Å². The number of aromatic nitrogens is 8. The molecule has 0 N–H and O–H groups in total. The van der Waals surface area contributed by atoms with Crippen molar-refractivity contribution < 1.29 is 19.2 Å². The highest BCUT2D eigenvalue weighted by molar-refractivity contribution is 5.90. The summed E-state index contributed by atoms with van der Waals surface area (Å²) in [5, 5.41) is 0. The van der Waals surface area contributed by atoms with Crippen molar-refractivity contribution in [2.75, 3.05) is 0 Å². The topological polar surface area (TPSA) is 140 Å². The molecule has 0 spiro atoms. The average molecular weight is 1110 g/mol. The van der Waals surface area contributed by atoms with Gasteiger partial charge in [0.15, 0.2) is 0 Å². The predicted molar refractivity (Wildman–Crippen MR) is 319 cm³/mol. The van der Waals surface area contributed by atoms with Gasteiger partial charge in [-0.1, -0.05) is 97.1 Å². The van der Waals surface area contributed by atoms with E-state index in [0.717, 1.165) is 51.4 Å². The van der Waals surface area contributed by atoms with E-state index in [0.29, 0.717) is 70.5 Å². The van der Waals surface area contributed by atoms with Gasteiger partial charge < -0.3 is 18.3 Å². The summed E-state index contributed by atoms with van der Waals surface area (Å²) in [4.78, 5) is 68.8. The van der Waals surface area contributed by atoms with Crippen molar-refractivity contribution in [1.82, 2.24) is 38.2 Å². The molecule has 84 heavy (non-hydrogen) atoms. The lowest BCUT2D eigenvalue weighted by Gasteiger charge is -2.44. The number of hydrogen-bond acceptors (Lipinski definition) is 8. The van der Waals surface area contributed by atoms with Crippen LogP contribution in [0.15, 0.2) is 147 Å². The van der Waals surface area contributed by atoms with Gasteiger partial charge in [-0.05, 0) is 149 Å². The molecular formula is C72H72N8O4. The lowest BCUT2D eigenvalue weighted by molar-refractivity contribution is -0.138. The molecule has 4 aromatic heterocycles. The van der Waals surface area contributed by atoms with Gasteiger partial charge in [-0.25, -0.2) is 19.9 Å². The minimum atomic E-state index is 0.161. The van der Waals surface area contributed by atoms with Crippen molar-refractivity contribution in [2.45, 2.75) is 127 Å². The van der Waals surface area contributed by atoms with Crippen LogP contribution in [0, 0.1) is 71.0 Å². The number of benzene rings is 4. The molecule has 0 radical (unpaired) electrons. The Hall–Kier alpha value is -7.60. The first-order chi connectivity index (χ1) is 41.4. The summed E-state index contributed by atoms with van der Waals surface area (Å²) in [6.45, 7) is 0. The zero-order valence-corrected chi connectivity index (χ0v) is 47.6. The summed E-state index contributed by atoms with van der Waals surface area (Å²) in [6.07, 6.45) is 34.1. The minimum Gasteiger partial charge on any atom is -0.322 e. The Kier molecular flexibility index (Phi) is 12.1. The van der Waals surface area contributed by atoms with Crippen molar-refractivity contribution in [3.63, 3.8) is 0 Å². The summed E-state index contributed by atoms with van der Waals surface area (Å²) in [7, 11) is 0. The normalized spacial score (nSPS) is 33.0. The molecule has 12 heteroatoms. The zero-order valence-electron chi connectivity index (χ0n) is 47.6. The predicted octanol–water partition coefficient (Wildman–Crippen LogP) is 13.8. The van der Waals surface area contributed by atoms with Crippen LogP contribution in [0.25, 0.3) is 45.0 Å². The molecule has 8 atom stereocenters. The first-order valence-electron chi connectivity index (χ1n) is 32.0. The van der Waals surface area contributed by atoms with Crippen molar-refractivity contribution in [1.29, 1.82) is 0 Å². The van der Waals surface area contributed by atoms with E-state index < -0.39 is 0 Å². The summed E-state index contributed by atoms with van der Waals surface area (Å²) < 4.78 is 8.98. The number of hydrogen-bond donors (Lipinski definition) is 0. The maximum absolute atomic E-state index is 12.9. The Labute approximate surface area is 490 Å². The number of Topliss-reactive ketones (excluding diaryl/α,β-unsaturated/α-hetero) is 4. The Morgan fingerprint density at radius 1 is 0.274 bits per heavy atom. The van der Waals surface area contributed by atoms with Gasteiger partial charge in [-0.15, -0.1) is 0 Å². The second-order valence-electron chi connectivity index (χ2n) is 27.0.